The lowest BCUT2D eigenvalue weighted by Crippen LogP contribution is -2.44. The molecule has 7 rings (SSSR count). The molecule has 29 heavy (non-hydrogen) atoms. The molecule has 5 heteroatoms. The standard InChI is InChI=1S/C24H19N3O2/c1-14-8-10-17-19(12-14)21-18-11-9-15(2)13-20(18)22(17)27-24(29)25(23(28)26(21)27)16-6-4-3-5-7-16/h3-13,21-22H,1-2H3. The minimum Gasteiger partial charge on any atom is -0.245 e. The molecule has 0 spiro atoms. The molecule has 1 aliphatic carbocycles. The van der Waals surface area contributed by atoms with Crippen molar-refractivity contribution in [1.29, 1.82) is 0 Å². The lowest BCUT2D eigenvalue weighted by molar-refractivity contribution is 0.350. The Morgan fingerprint density at radius 3 is 1.59 bits per heavy atom. The van der Waals surface area contributed by atoms with E-state index < -0.39 is 0 Å². The third-order valence-electron chi connectivity index (χ3n) is 6.17. The van der Waals surface area contributed by atoms with Gasteiger partial charge in [-0.3, -0.25) is 0 Å². The lowest BCUT2D eigenvalue weighted by atomic mass is 9.76. The maximum Gasteiger partial charge on any atom is 0.352 e. The van der Waals surface area contributed by atoms with Gasteiger partial charge in [0.1, 0.15) is 12.1 Å². The van der Waals surface area contributed by atoms with Crippen LogP contribution in [0.4, 0.5) is 0 Å². The van der Waals surface area contributed by atoms with Gasteiger partial charge < -0.3 is 0 Å². The third-order valence-corrected chi connectivity index (χ3v) is 6.17. The van der Waals surface area contributed by atoms with Gasteiger partial charge in [-0.2, -0.15) is 0 Å². The van der Waals surface area contributed by atoms with Gasteiger partial charge in [0, 0.05) is 0 Å². The van der Waals surface area contributed by atoms with Crippen molar-refractivity contribution in [2.24, 2.45) is 0 Å². The van der Waals surface area contributed by atoms with E-state index in [0.29, 0.717) is 5.69 Å². The normalized spacial score (nSPS) is 18.3. The van der Waals surface area contributed by atoms with E-state index in [-0.39, 0.29) is 23.5 Å². The van der Waals surface area contributed by atoms with Crippen LogP contribution in [-0.4, -0.2) is 13.9 Å². The molecule has 2 bridgehead atoms. The van der Waals surface area contributed by atoms with Crippen molar-refractivity contribution >= 4 is 0 Å². The second-order valence-corrected chi connectivity index (χ2v) is 8.00. The number of rotatable bonds is 1. The van der Waals surface area contributed by atoms with Crippen LogP contribution < -0.4 is 11.4 Å². The molecule has 3 aromatic carbocycles. The molecule has 5 nitrogen and oxygen atoms in total. The maximum atomic E-state index is 13.5. The van der Waals surface area contributed by atoms with E-state index in [1.807, 2.05) is 18.2 Å². The van der Waals surface area contributed by atoms with Crippen LogP contribution >= 0.6 is 0 Å². The monoisotopic (exact) mass is 381 g/mol. The van der Waals surface area contributed by atoms with Crippen LogP contribution in [0.15, 0.2) is 76.3 Å². The Kier molecular flexibility index (Phi) is 3.09. The van der Waals surface area contributed by atoms with E-state index in [4.69, 9.17) is 0 Å². The molecular weight excluding hydrogens is 362 g/mol. The summed E-state index contributed by atoms with van der Waals surface area (Å²) in [6.45, 7) is 4.12. The summed E-state index contributed by atoms with van der Waals surface area (Å²) in [5.74, 6) is 0. The molecule has 0 saturated carbocycles. The van der Waals surface area contributed by atoms with E-state index >= 15 is 0 Å². The Balaban J connectivity index is 1.75. The fraction of sp³-hybridized carbons (Fsp3) is 0.167. The van der Waals surface area contributed by atoms with Gasteiger partial charge in [-0.05, 0) is 48.2 Å². The maximum absolute atomic E-state index is 13.5. The van der Waals surface area contributed by atoms with Crippen molar-refractivity contribution in [3.63, 3.8) is 0 Å². The Bertz CT molecular complexity index is 1330. The summed E-state index contributed by atoms with van der Waals surface area (Å²) in [6.07, 6.45) is 0. The molecule has 1 aromatic heterocycles. The number of hydrogen-bond acceptors (Lipinski definition) is 2. The van der Waals surface area contributed by atoms with Crippen molar-refractivity contribution in [2.75, 3.05) is 0 Å². The first kappa shape index (κ1) is 16.4. The molecule has 142 valence electrons. The van der Waals surface area contributed by atoms with E-state index in [2.05, 4.69) is 50.2 Å². The van der Waals surface area contributed by atoms with Crippen LogP contribution in [0.25, 0.3) is 5.69 Å². The minimum absolute atomic E-state index is 0.296. The number of aromatic nitrogens is 3. The van der Waals surface area contributed by atoms with Gasteiger partial charge in [0.15, 0.2) is 0 Å². The Labute approximate surface area is 167 Å². The smallest absolute Gasteiger partial charge is 0.245 e. The summed E-state index contributed by atoms with van der Waals surface area (Å²) in [5.41, 5.74) is 6.72. The summed E-state index contributed by atoms with van der Waals surface area (Å²) in [5, 5.41) is 0. The second kappa shape index (κ2) is 5.47. The highest BCUT2D eigenvalue weighted by molar-refractivity contribution is 5.56. The van der Waals surface area contributed by atoms with E-state index in [1.165, 1.54) is 4.57 Å². The fourth-order valence-corrected chi connectivity index (χ4v) is 4.96. The Morgan fingerprint density at radius 1 is 0.621 bits per heavy atom. The van der Waals surface area contributed by atoms with Crippen LogP contribution in [-0.2, 0) is 0 Å². The average Bonchev–Trinajstić information content (AvgIpc) is 2.99. The number of aryl methyl sites for hydroxylation is 2. The zero-order valence-corrected chi connectivity index (χ0v) is 16.2. The molecule has 0 saturated heterocycles. The van der Waals surface area contributed by atoms with Crippen LogP contribution in [0.5, 0.6) is 0 Å². The molecule has 4 aromatic rings. The highest BCUT2D eigenvalue weighted by atomic mass is 16.2. The quantitative estimate of drug-likeness (QED) is 0.439. The van der Waals surface area contributed by atoms with Gasteiger partial charge in [0.05, 0.1) is 5.69 Å². The molecule has 3 heterocycles. The highest BCUT2D eigenvalue weighted by Crippen LogP contribution is 2.48. The van der Waals surface area contributed by atoms with Crippen LogP contribution in [0, 0.1) is 13.8 Å². The van der Waals surface area contributed by atoms with Crippen molar-refractivity contribution in [3.05, 3.63) is 121 Å². The highest BCUT2D eigenvalue weighted by Gasteiger charge is 2.44. The van der Waals surface area contributed by atoms with Crippen LogP contribution in [0.3, 0.4) is 0 Å². The predicted molar refractivity (Wildman–Crippen MR) is 111 cm³/mol. The van der Waals surface area contributed by atoms with Crippen LogP contribution in [0.1, 0.15) is 45.5 Å². The summed E-state index contributed by atoms with van der Waals surface area (Å²) < 4.78 is 4.59. The van der Waals surface area contributed by atoms with Gasteiger partial charge in [0.25, 0.3) is 0 Å². The zero-order chi connectivity index (χ0) is 19.9. The number of nitrogens with zero attached hydrogens (tertiary/aromatic N) is 3. The van der Waals surface area contributed by atoms with Gasteiger partial charge in [-0.1, -0.05) is 65.7 Å². The molecule has 0 N–H and O–H groups in total. The number of hydrogen-bond donors (Lipinski definition) is 0. The minimum atomic E-state index is -0.297. The van der Waals surface area contributed by atoms with E-state index in [1.54, 1.807) is 21.5 Å². The molecule has 0 fully saturated rings. The van der Waals surface area contributed by atoms with E-state index in [9.17, 15) is 9.59 Å². The summed E-state index contributed by atoms with van der Waals surface area (Å²) in [7, 11) is 0. The predicted octanol–water partition coefficient (Wildman–Crippen LogP) is 3.32. The molecule has 0 radical (unpaired) electrons. The first-order chi connectivity index (χ1) is 14.1. The molecule has 2 unspecified atom stereocenters. The largest absolute Gasteiger partial charge is 0.352 e. The number of para-hydroxylation sites is 1. The first-order valence-corrected chi connectivity index (χ1v) is 9.78. The zero-order valence-electron chi connectivity index (χ0n) is 16.2. The molecule has 0 amide bonds. The van der Waals surface area contributed by atoms with Crippen molar-refractivity contribution in [2.45, 2.75) is 25.9 Å². The third kappa shape index (κ3) is 1.99. The van der Waals surface area contributed by atoms with Gasteiger partial charge in [-0.25, -0.2) is 23.5 Å². The van der Waals surface area contributed by atoms with Gasteiger partial charge in [-0.15, -0.1) is 0 Å². The lowest BCUT2D eigenvalue weighted by Gasteiger charge is -2.41. The summed E-state index contributed by atoms with van der Waals surface area (Å²) in [4.78, 5) is 27.0. The van der Waals surface area contributed by atoms with E-state index in [0.717, 1.165) is 33.4 Å². The fourth-order valence-electron chi connectivity index (χ4n) is 4.96. The van der Waals surface area contributed by atoms with Crippen molar-refractivity contribution < 1.29 is 0 Å². The summed E-state index contributed by atoms with van der Waals surface area (Å²) in [6, 6.07) is 21.2. The summed E-state index contributed by atoms with van der Waals surface area (Å²) >= 11 is 0. The molecule has 2 aliphatic heterocycles. The molecule has 2 atom stereocenters. The average molecular weight is 381 g/mol. The first-order valence-electron chi connectivity index (χ1n) is 9.78. The SMILES string of the molecule is Cc1ccc2c(c1)C1c3ccc(C)cc3C2n2c(=O)n(-c3ccccc3)c(=O)n21. The second-order valence-electron chi connectivity index (χ2n) is 8.00. The van der Waals surface area contributed by atoms with Gasteiger partial charge in [0.2, 0.25) is 0 Å². The molecule has 3 aliphatic rings. The number of benzene rings is 3. The Morgan fingerprint density at radius 2 is 1.10 bits per heavy atom. The van der Waals surface area contributed by atoms with Crippen molar-refractivity contribution in [1.82, 2.24) is 13.9 Å². The van der Waals surface area contributed by atoms with Crippen molar-refractivity contribution in [3.8, 4) is 5.69 Å². The molecular formula is C24H19N3O2. The van der Waals surface area contributed by atoms with Gasteiger partial charge >= 0.3 is 11.4 Å². The van der Waals surface area contributed by atoms with Crippen LogP contribution in [0.2, 0.25) is 0 Å². The Hall–Kier alpha value is -3.60. The topological polar surface area (TPSA) is 48.9 Å².